The van der Waals surface area contributed by atoms with Crippen LogP contribution in [-0.2, 0) is 11.3 Å². The Morgan fingerprint density at radius 1 is 1.32 bits per heavy atom. The van der Waals surface area contributed by atoms with Crippen LogP contribution in [0.15, 0.2) is 27.2 Å². The van der Waals surface area contributed by atoms with Crippen molar-refractivity contribution < 1.29 is 13.6 Å². The van der Waals surface area contributed by atoms with Gasteiger partial charge < -0.3 is 18.5 Å². The molecule has 5 heteroatoms. The van der Waals surface area contributed by atoms with E-state index in [1.807, 2.05) is 19.1 Å². The third kappa shape index (κ3) is 3.78. The predicted molar refractivity (Wildman–Crippen MR) is 83.4 cm³/mol. The number of aromatic nitrogens is 1. The van der Waals surface area contributed by atoms with Crippen LogP contribution in [0.2, 0.25) is 0 Å². The molecule has 2 aromatic heterocycles. The summed E-state index contributed by atoms with van der Waals surface area (Å²) < 4.78 is 16.5. The Bertz CT molecular complexity index is 571. The van der Waals surface area contributed by atoms with Crippen molar-refractivity contribution >= 4 is 0 Å². The lowest BCUT2D eigenvalue weighted by Crippen LogP contribution is -2.24. The molecular formula is C17H24N2O3. The summed E-state index contributed by atoms with van der Waals surface area (Å²) in [5.74, 6) is 2.91. The van der Waals surface area contributed by atoms with Gasteiger partial charge in [0.05, 0.1) is 12.0 Å². The Hall–Kier alpha value is -1.59. The van der Waals surface area contributed by atoms with Crippen molar-refractivity contribution in [3.8, 4) is 11.7 Å². The Kier molecular flexibility index (Phi) is 4.95. The number of hydrogen-bond donors (Lipinski definition) is 0. The smallest absolute Gasteiger partial charge is 0.263 e. The van der Waals surface area contributed by atoms with Crippen molar-refractivity contribution in [1.29, 1.82) is 0 Å². The summed E-state index contributed by atoms with van der Waals surface area (Å²) in [4.78, 5) is 6.88. The predicted octanol–water partition coefficient (Wildman–Crippen LogP) is 3.49. The number of hydrogen-bond acceptors (Lipinski definition) is 5. The molecule has 1 fully saturated rings. The topological polar surface area (TPSA) is 51.6 Å². The van der Waals surface area contributed by atoms with Crippen LogP contribution in [0.25, 0.3) is 11.7 Å². The zero-order chi connectivity index (χ0) is 15.4. The van der Waals surface area contributed by atoms with Gasteiger partial charge in [0.2, 0.25) is 0 Å². The molecule has 3 heterocycles. The maximum Gasteiger partial charge on any atom is 0.263 e. The van der Waals surface area contributed by atoms with Crippen molar-refractivity contribution in [3.63, 3.8) is 0 Å². The first-order valence-electron chi connectivity index (χ1n) is 7.99. The minimum Gasteiger partial charge on any atom is -0.459 e. The van der Waals surface area contributed by atoms with E-state index in [0.717, 1.165) is 43.7 Å². The molecule has 0 aliphatic carbocycles. The fourth-order valence-electron chi connectivity index (χ4n) is 2.85. The first-order chi connectivity index (χ1) is 10.7. The van der Waals surface area contributed by atoms with Crippen LogP contribution in [0.4, 0.5) is 0 Å². The van der Waals surface area contributed by atoms with Crippen LogP contribution in [0.1, 0.15) is 30.7 Å². The molecule has 0 atom stereocenters. The highest BCUT2D eigenvalue weighted by atomic mass is 16.5. The summed E-state index contributed by atoms with van der Waals surface area (Å²) in [6, 6.07) is 3.71. The molecule has 5 nitrogen and oxygen atoms in total. The number of rotatable bonds is 6. The summed E-state index contributed by atoms with van der Waals surface area (Å²) in [6.07, 6.45) is 5.25. The highest BCUT2D eigenvalue weighted by Gasteiger charge is 2.17. The molecule has 0 spiro atoms. The van der Waals surface area contributed by atoms with E-state index >= 15 is 0 Å². The second kappa shape index (κ2) is 7.11. The number of ether oxygens (including phenoxy) is 1. The van der Waals surface area contributed by atoms with Gasteiger partial charge in [0.15, 0.2) is 5.76 Å². The van der Waals surface area contributed by atoms with Gasteiger partial charge in [-0.1, -0.05) is 0 Å². The average molecular weight is 304 g/mol. The Morgan fingerprint density at radius 3 is 2.86 bits per heavy atom. The molecular weight excluding hydrogens is 280 g/mol. The maximum absolute atomic E-state index is 5.71. The van der Waals surface area contributed by atoms with Crippen molar-refractivity contribution in [3.05, 3.63) is 29.9 Å². The van der Waals surface area contributed by atoms with Gasteiger partial charge in [-0.15, -0.1) is 0 Å². The van der Waals surface area contributed by atoms with E-state index in [0.29, 0.717) is 11.7 Å². The van der Waals surface area contributed by atoms with Crippen molar-refractivity contribution in [2.45, 2.75) is 32.7 Å². The number of oxazole rings is 1. The van der Waals surface area contributed by atoms with E-state index in [1.165, 1.54) is 19.3 Å². The molecule has 2 aromatic rings. The van der Waals surface area contributed by atoms with Gasteiger partial charge in [0.25, 0.3) is 5.89 Å². The highest BCUT2D eigenvalue weighted by Crippen LogP contribution is 2.23. The lowest BCUT2D eigenvalue weighted by molar-refractivity contribution is 0.0607. The van der Waals surface area contributed by atoms with Crippen LogP contribution >= 0.6 is 0 Å². The van der Waals surface area contributed by atoms with Gasteiger partial charge in [-0.2, -0.15) is 0 Å². The zero-order valence-corrected chi connectivity index (χ0v) is 13.4. The zero-order valence-electron chi connectivity index (χ0n) is 13.4. The summed E-state index contributed by atoms with van der Waals surface area (Å²) in [5.41, 5.74) is 0.987. The second-order valence-corrected chi connectivity index (χ2v) is 6.08. The Labute approximate surface area is 131 Å². The monoisotopic (exact) mass is 304 g/mol. The van der Waals surface area contributed by atoms with E-state index in [-0.39, 0.29) is 0 Å². The molecule has 0 N–H and O–H groups in total. The number of furan rings is 1. The minimum atomic E-state index is 0.565. The Morgan fingerprint density at radius 2 is 2.14 bits per heavy atom. The SMILES string of the molecule is Cc1oc(-c2ccco2)nc1CN(C)CCC1CCOCC1. The lowest BCUT2D eigenvalue weighted by Gasteiger charge is -2.24. The summed E-state index contributed by atoms with van der Waals surface area (Å²) >= 11 is 0. The van der Waals surface area contributed by atoms with Gasteiger partial charge in [-0.05, 0) is 57.8 Å². The van der Waals surface area contributed by atoms with Crippen molar-refractivity contribution in [2.24, 2.45) is 5.92 Å². The molecule has 0 unspecified atom stereocenters. The van der Waals surface area contributed by atoms with E-state index in [1.54, 1.807) is 6.26 Å². The third-order valence-corrected chi connectivity index (χ3v) is 4.30. The molecule has 120 valence electrons. The van der Waals surface area contributed by atoms with Crippen molar-refractivity contribution in [1.82, 2.24) is 9.88 Å². The van der Waals surface area contributed by atoms with Gasteiger partial charge >= 0.3 is 0 Å². The van der Waals surface area contributed by atoms with E-state index in [9.17, 15) is 0 Å². The van der Waals surface area contributed by atoms with Crippen molar-refractivity contribution in [2.75, 3.05) is 26.8 Å². The molecule has 0 amide bonds. The van der Waals surface area contributed by atoms with Gasteiger partial charge in [0.1, 0.15) is 5.76 Å². The first-order valence-corrected chi connectivity index (χ1v) is 7.99. The summed E-state index contributed by atoms with van der Waals surface area (Å²) in [5, 5.41) is 0. The largest absolute Gasteiger partial charge is 0.459 e. The molecule has 1 aliphatic heterocycles. The van der Waals surface area contributed by atoms with E-state index in [2.05, 4.69) is 16.9 Å². The lowest BCUT2D eigenvalue weighted by atomic mass is 9.96. The minimum absolute atomic E-state index is 0.565. The summed E-state index contributed by atoms with van der Waals surface area (Å²) in [7, 11) is 2.14. The molecule has 3 rings (SSSR count). The molecule has 0 radical (unpaired) electrons. The molecule has 0 saturated carbocycles. The first kappa shape index (κ1) is 15.3. The van der Waals surface area contributed by atoms with Crippen LogP contribution in [0, 0.1) is 12.8 Å². The molecule has 22 heavy (non-hydrogen) atoms. The van der Waals surface area contributed by atoms with Crippen LogP contribution in [0.3, 0.4) is 0 Å². The molecule has 1 aliphatic rings. The Balaban J connectivity index is 1.53. The number of nitrogens with zero attached hydrogens (tertiary/aromatic N) is 2. The fourth-order valence-corrected chi connectivity index (χ4v) is 2.85. The van der Waals surface area contributed by atoms with Crippen LogP contribution in [0.5, 0.6) is 0 Å². The van der Waals surface area contributed by atoms with E-state index < -0.39 is 0 Å². The van der Waals surface area contributed by atoms with Crippen LogP contribution < -0.4 is 0 Å². The fraction of sp³-hybridized carbons (Fsp3) is 0.588. The third-order valence-electron chi connectivity index (χ3n) is 4.30. The van der Waals surface area contributed by atoms with Gasteiger partial charge in [-0.3, -0.25) is 0 Å². The van der Waals surface area contributed by atoms with Gasteiger partial charge in [0, 0.05) is 19.8 Å². The molecule has 1 saturated heterocycles. The second-order valence-electron chi connectivity index (χ2n) is 6.08. The summed E-state index contributed by atoms with van der Waals surface area (Å²) in [6.45, 7) is 5.68. The van der Waals surface area contributed by atoms with Crippen LogP contribution in [-0.4, -0.2) is 36.7 Å². The average Bonchev–Trinajstić information content (AvgIpc) is 3.17. The van der Waals surface area contributed by atoms with E-state index in [4.69, 9.17) is 13.6 Å². The molecule has 0 bridgehead atoms. The number of aryl methyl sites for hydroxylation is 1. The molecule has 0 aromatic carbocycles. The maximum atomic E-state index is 5.71. The quantitative estimate of drug-likeness (QED) is 0.817. The highest BCUT2D eigenvalue weighted by molar-refractivity contribution is 5.44. The normalized spacial score (nSPS) is 16.5. The standard InChI is InChI=1S/C17H24N2O3/c1-13-15(18-17(22-13)16-4-3-9-21-16)12-19(2)8-5-14-6-10-20-11-7-14/h3-4,9,14H,5-8,10-12H2,1-2H3. The van der Waals surface area contributed by atoms with Gasteiger partial charge in [-0.25, -0.2) is 4.98 Å².